The van der Waals surface area contributed by atoms with Crippen molar-refractivity contribution in [2.45, 2.75) is 0 Å². The van der Waals surface area contributed by atoms with Crippen LogP contribution in [0.2, 0.25) is 0 Å². The molecule has 4 rings (SSSR count). The van der Waals surface area contributed by atoms with E-state index in [1.54, 1.807) is 81.0 Å². The molecule has 0 saturated carbocycles. The van der Waals surface area contributed by atoms with Gasteiger partial charge in [-0.05, 0) is 36.4 Å². The van der Waals surface area contributed by atoms with Crippen LogP contribution in [0.5, 0.6) is 23.0 Å². The van der Waals surface area contributed by atoms with E-state index in [1.165, 1.54) is 0 Å². The maximum absolute atomic E-state index is 12.8. The van der Waals surface area contributed by atoms with E-state index in [9.17, 15) is 9.59 Å². The lowest BCUT2D eigenvalue weighted by Gasteiger charge is -2.08. The van der Waals surface area contributed by atoms with Gasteiger partial charge in [-0.1, -0.05) is 30.3 Å². The van der Waals surface area contributed by atoms with Crippen LogP contribution in [0.1, 0.15) is 26.3 Å². The van der Waals surface area contributed by atoms with E-state index in [-0.39, 0.29) is 23.9 Å². The van der Waals surface area contributed by atoms with Gasteiger partial charge in [0.05, 0.1) is 19.8 Å². The molecule has 0 amide bonds. The Kier molecular flexibility index (Phi) is 5.71. The van der Waals surface area contributed by atoms with Crippen molar-refractivity contribution >= 4 is 17.6 Å². The van der Waals surface area contributed by atoms with E-state index in [4.69, 9.17) is 18.9 Å². The Hall–Kier alpha value is -4.06. The lowest BCUT2D eigenvalue weighted by Crippen LogP contribution is -2.11. The summed E-state index contributed by atoms with van der Waals surface area (Å²) in [6.45, 7) is -0.111. The number of methoxy groups -OCH3 is 2. The van der Waals surface area contributed by atoms with Gasteiger partial charge in [-0.2, -0.15) is 0 Å². The summed E-state index contributed by atoms with van der Waals surface area (Å²) >= 11 is 0. The largest absolute Gasteiger partial charge is 0.497 e. The molecule has 0 radical (unpaired) electrons. The summed E-state index contributed by atoms with van der Waals surface area (Å²) in [6, 6.07) is 19.1. The molecule has 0 bridgehead atoms. The zero-order valence-corrected chi connectivity index (χ0v) is 17.1. The molecular weight excluding hydrogens is 396 g/mol. The fourth-order valence-electron chi connectivity index (χ4n) is 3.21. The Balaban J connectivity index is 1.52. The van der Waals surface area contributed by atoms with Crippen molar-refractivity contribution in [2.75, 3.05) is 20.8 Å². The Morgan fingerprint density at radius 1 is 0.935 bits per heavy atom. The number of ketones is 2. The number of fused-ring (bicyclic) bond motifs is 1. The maximum Gasteiger partial charge on any atom is 0.231 e. The average Bonchev–Trinajstić information content (AvgIpc) is 3.12. The smallest absolute Gasteiger partial charge is 0.231 e. The zero-order chi connectivity index (χ0) is 21.8. The second kappa shape index (κ2) is 8.75. The first kappa shape index (κ1) is 20.2. The molecule has 1 aliphatic heterocycles. The van der Waals surface area contributed by atoms with Gasteiger partial charge in [0.25, 0.3) is 0 Å². The Bertz CT molecular complexity index is 1160. The second-order valence-electron chi connectivity index (χ2n) is 6.78. The summed E-state index contributed by atoms with van der Waals surface area (Å²) < 4.78 is 22.0. The van der Waals surface area contributed by atoms with Crippen molar-refractivity contribution in [3.05, 3.63) is 89.2 Å². The highest BCUT2D eigenvalue weighted by Gasteiger charge is 2.28. The third-order valence-electron chi connectivity index (χ3n) is 4.83. The topological polar surface area (TPSA) is 71.1 Å². The molecule has 0 fully saturated rings. The molecule has 6 nitrogen and oxygen atoms in total. The number of carbonyl (C=O) groups is 2. The lowest BCUT2D eigenvalue weighted by atomic mass is 10.1. The number of hydrogen-bond donors (Lipinski definition) is 0. The summed E-state index contributed by atoms with van der Waals surface area (Å²) in [6.07, 6.45) is 1.61. The summed E-state index contributed by atoms with van der Waals surface area (Å²) in [5.74, 6) is 1.83. The molecule has 6 heteroatoms. The normalized spacial score (nSPS) is 13.5. The summed E-state index contributed by atoms with van der Waals surface area (Å²) in [7, 11) is 3.12. The van der Waals surface area contributed by atoms with Crippen LogP contribution < -0.4 is 18.9 Å². The van der Waals surface area contributed by atoms with Crippen LogP contribution >= 0.6 is 0 Å². The Labute approximate surface area is 179 Å². The van der Waals surface area contributed by atoms with Gasteiger partial charge in [0.1, 0.15) is 23.0 Å². The number of rotatable bonds is 7. The molecule has 0 spiro atoms. The van der Waals surface area contributed by atoms with Crippen LogP contribution in [-0.2, 0) is 0 Å². The molecule has 3 aromatic carbocycles. The first-order valence-electron chi connectivity index (χ1n) is 9.60. The van der Waals surface area contributed by atoms with Gasteiger partial charge < -0.3 is 18.9 Å². The fraction of sp³-hybridized carbons (Fsp3) is 0.120. The molecule has 1 aliphatic rings. The molecule has 0 atom stereocenters. The van der Waals surface area contributed by atoms with Crippen molar-refractivity contribution in [1.29, 1.82) is 0 Å². The fourth-order valence-corrected chi connectivity index (χ4v) is 3.21. The molecule has 0 aromatic heterocycles. The minimum Gasteiger partial charge on any atom is -0.497 e. The van der Waals surface area contributed by atoms with Crippen LogP contribution in [0.15, 0.2) is 72.5 Å². The van der Waals surface area contributed by atoms with Crippen LogP contribution in [-0.4, -0.2) is 32.4 Å². The highest BCUT2D eigenvalue weighted by Crippen LogP contribution is 2.36. The van der Waals surface area contributed by atoms with Crippen LogP contribution in [0.25, 0.3) is 6.08 Å². The van der Waals surface area contributed by atoms with Gasteiger partial charge in [-0.15, -0.1) is 0 Å². The van der Waals surface area contributed by atoms with Gasteiger partial charge in [0, 0.05) is 17.2 Å². The highest BCUT2D eigenvalue weighted by atomic mass is 16.5. The van der Waals surface area contributed by atoms with Crippen LogP contribution in [0, 0.1) is 0 Å². The highest BCUT2D eigenvalue weighted by molar-refractivity contribution is 6.14. The summed E-state index contributed by atoms with van der Waals surface area (Å²) in [5.41, 5.74) is 1.66. The van der Waals surface area contributed by atoms with Gasteiger partial charge in [-0.3, -0.25) is 9.59 Å². The SMILES string of the molecule is COc1ccc(OC)c(/C=C2/Oc3cc(OCC(=O)c4ccccc4)ccc3C2=O)c1. The maximum atomic E-state index is 12.8. The van der Waals surface area contributed by atoms with Crippen molar-refractivity contribution < 1.29 is 28.5 Å². The van der Waals surface area contributed by atoms with E-state index < -0.39 is 0 Å². The number of benzene rings is 3. The van der Waals surface area contributed by atoms with Crippen LogP contribution in [0.3, 0.4) is 0 Å². The third-order valence-corrected chi connectivity index (χ3v) is 4.83. The third kappa shape index (κ3) is 4.28. The van der Waals surface area contributed by atoms with Crippen molar-refractivity contribution in [3.63, 3.8) is 0 Å². The molecule has 1 heterocycles. The Morgan fingerprint density at radius 3 is 2.45 bits per heavy atom. The quantitative estimate of drug-likeness (QED) is 0.415. The predicted molar refractivity (Wildman–Crippen MR) is 115 cm³/mol. The number of ether oxygens (including phenoxy) is 4. The standard InChI is InChI=1S/C25H20O6/c1-28-18-9-11-22(29-2)17(12-18)13-24-25(27)20-10-8-19(14-23(20)31-24)30-15-21(26)16-6-4-3-5-7-16/h3-14H,15H2,1-2H3/b24-13+. The van der Waals surface area contributed by atoms with E-state index in [0.717, 1.165) is 0 Å². The molecular formula is C25H20O6. The lowest BCUT2D eigenvalue weighted by molar-refractivity contribution is 0.0921. The van der Waals surface area contributed by atoms with E-state index >= 15 is 0 Å². The van der Waals surface area contributed by atoms with Gasteiger partial charge in [-0.25, -0.2) is 0 Å². The monoisotopic (exact) mass is 416 g/mol. The molecule has 0 aliphatic carbocycles. The first-order valence-corrected chi connectivity index (χ1v) is 9.60. The van der Waals surface area contributed by atoms with E-state index in [0.29, 0.717) is 39.7 Å². The van der Waals surface area contributed by atoms with E-state index in [2.05, 4.69) is 0 Å². The van der Waals surface area contributed by atoms with Gasteiger partial charge in [0.15, 0.2) is 18.1 Å². The number of carbonyl (C=O) groups excluding carboxylic acids is 2. The van der Waals surface area contributed by atoms with Gasteiger partial charge >= 0.3 is 0 Å². The van der Waals surface area contributed by atoms with Crippen LogP contribution in [0.4, 0.5) is 0 Å². The molecule has 0 N–H and O–H groups in total. The summed E-state index contributed by atoms with van der Waals surface area (Å²) in [4.78, 5) is 25.0. The Morgan fingerprint density at radius 2 is 1.71 bits per heavy atom. The summed E-state index contributed by atoms with van der Waals surface area (Å²) in [5, 5.41) is 0. The molecule has 3 aromatic rings. The molecule has 31 heavy (non-hydrogen) atoms. The number of allylic oxidation sites excluding steroid dienone is 1. The average molecular weight is 416 g/mol. The molecule has 0 saturated heterocycles. The van der Waals surface area contributed by atoms with Crippen molar-refractivity contribution in [1.82, 2.24) is 0 Å². The minimum atomic E-state index is -0.244. The minimum absolute atomic E-state index is 0.111. The zero-order valence-electron chi connectivity index (χ0n) is 17.1. The molecule has 0 unspecified atom stereocenters. The number of Topliss-reactive ketones (excluding diaryl/α,β-unsaturated/α-hetero) is 2. The molecule has 156 valence electrons. The second-order valence-corrected chi connectivity index (χ2v) is 6.78. The number of hydrogen-bond acceptors (Lipinski definition) is 6. The predicted octanol–water partition coefficient (Wildman–Crippen LogP) is 4.58. The van der Waals surface area contributed by atoms with E-state index in [1.807, 2.05) is 6.07 Å². The van der Waals surface area contributed by atoms with Gasteiger partial charge in [0.2, 0.25) is 5.78 Å². The van der Waals surface area contributed by atoms with Crippen molar-refractivity contribution in [2.24, 2.45) is 0 Å². The first-order chi connectivity index (χ1) is 15.1. The van der Waals surface area contributed by atoms with Crippen molar-refractivity contribution in [3.8, 4) is 23.0 Å².